The topological polar surface area (TPSA) is 26.3 Å². The molecular weight excluding hydrogens is 188 g/mol. The third kappa shape index (κ3) is 1.03. The Morgan fingerprint density at radius 2 is 1.80 bits per heavy atom. The summed E-state index contributed by atoms with van der Waals surface area (Å²) >= 11 is 0. The molecule has 2 rings (SSSR count). The van der Waals surface area contributed by atoms with Gasteiger partial charge in [-0.1, -0.05) is 34.6 Å². The highest BCUT2D eigenvalue weighted by Gasteiger charge is 2.70. The van der Waals surface area contributed by atoms with E-state index in [0.29, 0.717) is 12.4 Å². The van der Waals surface area contributed by atoms with Crippen molar-refractivity contribution in [1.82, 2.24) is 0 Å². The van der Waals surface area contributed by atoms with Gasteiger partial charge in [0.25, 0.3) is 6.47 Å². The minimum absolute atomic E-state index is 0.0799. The fourth-order valence-corrected chi connectivity index (χ4v) is 4.68. The third-order valence-corrected chi connectivity index (χ3v) is 5.64. The smallest absolute Gasteiger partial charge is 0.293 e. The Hall–Kier alpha value is -0.530. The van der Waals surface area contributed by atoms with Gasteiger partial charge in [0.2, 0.25) is 0 Å². The standard InChI is InChI=1S/C13H22O2/c1-11(2)9-6-7-13(5,12(9,3)4)10(11)15-8-14/h8-10H,6-7H2,1-5H3. The molecule has 0 amide bonds. The van der Waals surface area contributed by atoms with Crippen molar-refractivity contribution in [2.24, 2.45) is 22.2 Å². The number of hydrogen-bond acceptors (Lipinski definition) is 2. The summed E-state index contributed by atoms with van der Waals surface area (Å²) in [5, 5.41) is 0. The van der Waals surface area contributed by atoms with Gasteiger partial charge in [0.15, 0.2) is 0 Å². The first kappa shape index (κ1) is 11.0. The van der Waals surface area contributed by atoms with Crippen LogP contribution in [-0.4, -0.2) is 12.6 Å². The van der Waals surface area contributed by atoms with E-state index in [2.05, 4.69) is 34.6 Å². The van der Waals surface area contributed by atoms with E-state index in [9.17, 15) is 4.79 Å². The van der Waals surface area contributed by atoms with Crippen molar-refractivity contribution in [2.75, 3.05) is 0 Å². The first-order valence-corrected chi connectivity index (χ1v) is 5.87. The van der Waals surface area contributed by atoms with Crippen LogP contribution in [-0.2, 0) is 9.53 Å². The largest absolute Gasteiger partial charge is 0.463 e. The molecule has 2 aliphatic carbocycles. The number of fused-ring (bicyclic) bond motifs is 2. The second-order valence-electron chi connectivity index (χ2n) is 6.66. The van der Waals surface area contributed by atoms with E-state index in [1.54, 1.807) is 0 Å². The summed E-state index contributed by atoms with van der Waals surface area (Å²) in [5.41, 5.74) is 0.559. The molecule has 0 aromatic rings. The first-order chi connectivity index (χ1) is 6.78. The van der Waals surface area contributed by atoms with Crippen LogP contribution in [0.2, 0.25) is 0 Å². The Kier molecular flexibility index (Phi) is 2.03. The molecule has 86 valence electrons. The zero-order valence-corrected chi connectivity index (χ0v) is 10.5. The fraction of sp³-hybridized carbons (Fsp3) is 0.923. The van der Waals surface area contributed by atoms with Gasteiger partial charge in [0.05, 0.1) is 0 Å². The van der Waals surface area contributed by atoms with E-state index >= 15 is 0 Å². The number of rotatable bonds is 2. The molecule has 0 aromatic carbocycles. The summed E-state index contributed by atoms with van der Waals surface area (Å²) in [7, 11) is 0. The third-order valence-electron chi connectivity index (χ3n) is 5.64. The molecule has 2 nitrogen and oxygen atoms in total. The van der Waals surface area contributed by atoms with Gasteiger partial charge in [-0.3, -0.25) is 4.79 Å². The molecule has 2 aliphatic rings. The molecular formula is C13H22O2. The van der Waals surface area contributed by atoms with Crippen molar-refractivity contribution in [3.8, 4) is 0 Å². The highest BCUT2D eigenvalue weighted by Crippen LogP contribution is 2.72. The molecule has 15 heavy (non-hydrogen) atoms. The highest BCUT2D eigenvalue weighted by atomic mass is 16.5. The summed E-state index contributed by atoms with van der Waals surface area (Å²) in [6.07, 6.45) is 2.54. The van der Waals surface area contributed by atoms with E-state index in [-0.39, 0.29) is 22.3 Å². The van der Waals surface area contributed by atoms with Gasteiger partial charge in [0, 0.05) is 10.8 Å². The maximum Gasteiger partial charge on any atom is 0.293 e. The van der Waals surface area contributed by atoms with Crippen LogP contribution in [0.3, 0.4) is 0 Å². The van der Waals surface area contributed by atoms with Gasteiger partial charge < -0.3 is 4.74 Å². The number of ether oxygens (including phenoxy) is 1. The number of hydrogen-bond donors (Lipinski definition) is 0. The zero-order valence-electron chi connectivity index (χ0n) is 10.5. The van der Waals surface area contributed by atoms with E-state index in [1.807, 2.05) is 0 Å². The predicted octanol–water partition coefficient (Wildman–Crippen LogP) is 3.01. The molecule has 3 unspecified atom stereocenters. The van der Waals surface area contributed by atoms with Crippen molar-refractivity contribution < 1.29 is 9.53 Å². The number of carbonyl (C=O) groups is 1. The quantitative estimate of drug-likeness (QED) is 0.655. The molecule has 2 fully saturated rings. The van der Waals surface area contributed by atoms with Gasteiger partial charge in [-0.25, -0.2) is 0 Å². The van der Waals surface area contributed by atoms with Crippen LogP contribution < -0.4 is 0 Å². The van der Waals surface area contributed by atoms with Crippen molar-refractivity contribution in [2.45, 2.75) is 53.6 Å². The summed E-state index contributed by atoms with van der Waals surface area (Å²) in [6.45, 7) is 12.1. The summed E-state index contributed by atoms with van der Waals surface area (Å²) in [5.74, 6) is 0.667. The fourth-order valence-electron chi connectivity index (χ4n) is 4.68. The first-order valence-electron chi connectivity index (χ1n) is 5.87. The van der Waals surface area contributed by atoms with Crippen LogP contribution in [0, 0.1) is 22.2 Å². The second-order valence-corrected chi connectivity index (χ2v) is 6.66. The minimum atomic E-state index is 0.0799. The van der Waals surface area contributed by atoms with Gasteiger partial charge in [-0.15, -0.1) is 0 Å². The molecule has 0 aromatic heterocycles. The predicted molar refractivity (Wildman–Crippen MR) is 59.3 cm³/mol. The lowest BCUT2D eigenvalue weighted by molar-refractivity contribution is -0.150. The summed E-state index contributed by atoms with van der Waals surface area (Å²) in [6, 6.07) is 0. The van der Waals surface area contributed by atoms with E-state index in [4.69, 9.17) is 4.74 Å². The van der Waals surface area contributed by atoms with Crippen LogP contribution in [0.25, 0.3) is 0 Å². The molecule has 0 radical (unpaired) electrons. The SMILES string of the molecule is CC1(C)C2CCC(C)(C1OC=O)C2(C)C. The highest BCUT2D eigenvalue weighted by molar-refractivity contribution is 5.39. The van der Waals surface area contributed by atoms with Gasteiger partial charge in [-0.05, 0) is 24.2 Å². The monoisotopic (exact) mass is 210 g/mol. The van der Waals surface area contributed by atoms with Crippen LogP contribution >= 0.6 is 0 Å². The van der Waals surface area contributed by atoms with E-state index in [0.717, 1.165) is 0 Å². The van der Waals surface area contributed by atoms with Gasteiger partial charge in [0.1, 0.15) is 6.10 Å². The van der Waals surface area contributed by atoms with Crippen molar-refractivity contribution in [3.05, 3.63) is 0 Å². The molecule has 0 aliphatic heterocycles. The van der Waals surface area contributed by atoms with Gasteiger partial charge in [-0.2, -0.15) is 0 Å². The molecule has 3 atom stereocenters. The molecule has 0 saturated heterocycles. The van der Waals surface area contributed by atoms with Crippen molar-refractivity contribution in [3.63, 3.8) is 0 Å². The lowest BCUT2D eigenvalue weighted by Gasteiger charge is -2.41. The van der Waals surface area contributed by atoms with Crippen LogP contribution in [0.4, 0.5) is 0 Å². The molecule has 2 saturated carbocycles. The molecule has 0 heterocycles. The normalized spacial score (nSPS) is 45.4. The van der Waals surface area contributed by atoms with Crippen molar-refractivity contribution in [1.29, 1.82) is 0 Å². The van der Waals surface area contributed by atoms with E-state index < -0.39 is 0 Å². The Labute approximate surface area is 92.4 Å². The van der Waals surface area contributed by atoms with Crippen LogP contribution in [0.5, 0.6) is 0 Å². The average Bonchev–Trinajstić information content (AvgIpc) is 2.38. The molecule has 0 spiro atoms. The summed E-state index contributed by atoms with van der Waals surface area (Å²) in [4.78, 5) is 10.7. The lowest BCUT2D eigenvalue weighted by atomic mass is 9.69. The molecule has 2 heteroatoms. The lowest BCUT2D eigenvalue weighted by Crippen LogP contribution is -2.43. The minimum Gasteiger partial charge on any atom is -0.463 e. The molecule has 2 bridgehead atoms. The van der Waals surface area contributed by atoms with Gasteiger partial charge >= 0.3 is 0 Å². The molecule has 0 N–H and O–H groups in total. The zero-order chi connectivity index (χ0) is 11.5. The van der Waals surface area contributed by atoms with Crippen LogP contribution in [0.15, 0.2) is 0 Å². The average molecular weight is 210 g/mol. The van der Waals surface area contributed by atoms with Crippen molar-refractivity contribution >= 4 is 6.47 Å². The van der Waals surface area contributed by atoms with E-state index in [1.165, 1.54) is 12.8 Å². The summed E-state index contributed by atoms with van der Waals surface area (Å²) < 4.78 is 5.41. The Morgan fingerprint density at radius 3 is 2.20 bits per heavy atom. The Morgan fingerprint density at radius 1 is 1.20 bits per heavy atom. The maximum atomic E-state index is 10.7. The Bertz CT molecular complexity index is 293. The maximum absolute atomic E-state index is 10.7. The number of carbonyl (C=O) groups excluding carboxylic acids is 1. The van der Waals surface area contributed by atoms with Crippen LogP contribution in [0.1, 0.15) is 47.5 Å². The Balaban J connectivity index is 2.46. The second kappa shape index (κ2) is 2.78.